The Hall–Kier alpha value is -2.86. The first-order chi connectivity index (χ1) is 24.8. The van der Waals surface area contributed by atoms with Gasteiger partial charge in [-0.15, -0.1) is 11.8 Å². The van der Waals surface area contributed by atoms with Gasteiger partial charge in [0.1, 0.15) is 6.23 Å². The maximum atomic E-state index is 5.87. The summed E-state index contributed by atoms with van der Waals surface area (Å²) in [6.45, 7) is 32.2. The van der Waals surface area contributed by atoms with Crippen LogP contribution in [0.3, 0.4) is 0 Å². The van der Waals surface area contributed by atoms with Crippen molar-refractivity contribution in [1.29, 1.82) is 0 Å². The Labute approximate surface area is 324 Å². The molecule has 0 aromatic carbocycles. The van der Waals surface area contributed by atoms with Crippen molar-refractivity contribution in [3.8, 4) is 0 Å². The van der Waals surface area contributed by atoms with Crippen molar-refractivity contribution in [2.45, 2.75) is 133 Å². The van der Waals surface area contributed by atoms with Crippen molar-refractivity contribution in [2.75, 3.05) is 26.5 Å². The highest BCUT2D eigenvalue weighted by Gasteiger charge is 2.24. The molecule has 1 heterocycles. The number of hydrogen-bond donors (Lipinski definition) is 5. The van der Waals surface area contributed by atoms with Gasteiger partial charge in [-0.2, -0.15) is 0 Å². The molecule has 10 heteroatoms. The second-order valence-corrected chi connectivity index (χ2v) is 13.0. The first-order valence-corrected chi connectivity index (χ1v) is 20.0. The quantitative estimate of drug-likeness (QED) is 0.0499. The van der Waals surface area contributed by atoms with Crippen LogP contribution in [0.25, 0.3) is 0 Å². The fourth-order valence-corrected chi connectivity index (χ4v) is 5.16. The Morgan fingerprint density at radius 1 is 1.15 bits per heavy atom. The van der Waals surface area contributed by atoms with Gasteiger partial charge in [-0.3, -0.25) is 16.0 Å². The lowest BCUT2D eigenvalue weighted by Crippen LogP contribution is -2.44. The van der Waals surface area contributed by atoms with E-state index in [4.69, 9.17) is 25.7 Å². The summed E-state index contributed by atoms with van der Waals surface area (Å²) < 4.78 is 16.5. The van der Waals surface area contributed by atoms with Crippen LogP contribution in [0.4, 0.5) is 0 Å². The van der Waals surface area contributed by atoms with E-state index in [1.165, 1.54) is 33.6 Å². The van der Waals surface area contributed by atoms with Gasteiger partial charge < -0.3 is 30.6 Å². The molecule has 0 radical (unpaired) electrons. The maximum Gasteiger partial charge on any atom is 0.172 e. The molecule has 300 valence electrons. The average Bonchev–Trinajstić information content (AvgIpc) is 3.51. The second-order valence-electron chi connectivity index (χ2n) is 12.1. The molecule has 0 aromatic heterocycles. The molecule has 0 fully saturated rings. The summed E-state index contributed by atoms with van der Waals surface area (Å²) in [4.78, 5) is 4.90. The summed E-state index contributed by atoms with van der Waals surface area (Å²) in [5.74, 6) is 1.68. The van der Waals surface area contributed by atoms with Crippen LogP contribution in [-0.4, -0.2) is 58.1 Å². The van der Waals surface area contributed by atoms with E-state index in [0.717, 1.165) is 44.4 Å². The Balaban J connectivity index is -0.000000665. The lowest BCUT2D eigenvalue weighted by molar-refractivity contribution is -0.0677. The molecule has 4 unspecified atom stereocenters. The number of nitrogens with zero attached hydrogens (tertiary/aromatic N) is 1. The van der Waals surface area contributed by atoms with Crippen molar-refractivity contribution in [2.24, 2.45) is 22.4 Å². The number of rotatable bonds is 19. The van der Waals surface area contributed by atoms with Crippen LogP contribution in [0, 0.1) is 5.92 Å². The average molecular weight is 747 g/mol. The monoisotopic (exact) mass is 747 g/mol. The number of allylic oxidation sites excluding steroid dienone is 7. The molecule has 52 heavy (non-hydrogen) atoms. The van der Waals surface area contributed by atoms with Crippen LogP contribution in [0.1, 0.15) is 108 Å². The summed E-state index contributed by atoms with van der Waals surface area (Å²) in [6.07, 6.45) is 23.5. The highest BCUT2D eigenvalue weighted by Crippen LogP contribution is 2.30. The summed E-state index contributed by atoms with van der Waals surface area (Å²) in [5.41, 5.74) is 17.1. The molecule has 0 spiro atoms. The van der Waals surface area contributed by atoms with Gasteiger partial charge in [-0.25, -0.2) is 0 Å². The number of aliphatic imine (C=N–C) groups is 1. The summed E-state index contributed by atoms with van der Waals surface area (Å²) in [5, 5.41) is 9.01. The van der Waals surface area contributed by atoms with Gasteiger partial charge in [0.15, 0.2) is 12.6 Å². The number of ether oxygens (including phenoxy) is 3. The van der Waals surface area contributed by atoms with Crippen LogP contribution < -0.4 is 27.4 Å². The van der Waals surface area contributed by atoms with Gasteiger partial charge in [0, 0.05) is 37.3 Å². The predicted molar refractivity (Wildman–Crippen MR) is 232 cm³/mol. The van der Waals surface area contributed by atoms with Crippen molar-refractivity contribution in [1.82, 2.24) is 16.0 Å². The molecule has 0 amide bonds. The van der Waals surface area contributed by atoms with Gasteiger partial charge in [0.25, 0.3) is 0 Å². The fraction of sp³-hybridized carbons (Fsp3) is 0.595. The number of unbranched alkanes of at least 4 members (excludes halogenated alkanes) is 1. The Morgan fingerprint density at radius 3 is 2.31 bits per heavy atom. The molecule has 4 atom stereocenters. The predicted octanol–water partition coefficient (Wildman–Crippen LogP) is 9.57. The Kier molecular flexibility index (Phi) is 37.5. The van der Waals surface area contributed by atoms with Crippen LogP contribution in [0.5, 0.6) is 0 Å². The highest BCUT2D eigenvalue weighted by atomic mass is 32.2. The van der Waals surface area contributed by atoms with Crippen molar-refractivity contribution < 1.29 is 14.2 Å². The molecule has 0 bridgehead atoms. The van der Waals surface area contributed by atoms with E-state index in [0.29, 0.717) is 5.92 Å². The zero-order valence-corrected chi connectivity index (χ0v) is 35.8. The smallest absolute Gasteiger partial charge is 0.172 e. The molecule has 2 aliphatic rings. The first-order valence-electron chi connectivity index (χ1n) is 18.8. The molecule has 9 nitrogen and oxygen atoms in total. The minimum absolute atomic E-state index is 0.0620. The van der Waals surface area contributed by atoms with Gasteiger partial charge >= 0.3 is 0 Å². The molecule has 7 N–H and O–H groups in total. The molecule has 0 saturated heterocycles. The second kappa shape index (κ2) is 36.5. The number of nitrogens with one attached hydrogen (secondary N) is 3. The van der Waals surface area contributed by atoms with Gasteiger partial charge in [-0.05, 0) is 103 Å². The van der Waals surface area contributed by atoms with Crippen molar-refractivity contribution >= 4 is 18.5 Å². The minimum atomic E-state index is -0.535. The normalized spacial score (nSPS) is 17.2. The minimum Gasteiger partial charge on any atom is -0.475 e. The van der Waals surface area contributed by atoms with Crippen molar-refractivity contribution in [3.05, 3.63) is 95.1 Å². The Morgan fingerprint density at radius 2 is 1.81 bits per heavy atom. The van der Waals surface area contributed by atoms with E-state index >= 15 is 0 Å². The van der Waals surface area contributed by atoms with Gasteiger partial charge in [0.2, 0.25) is 0 Å². The lowest BCUT2D eigenvalue weighted by atomic mass is 9.93. The van der Waals surface area contributed by atoms with Crippen LogP contribution >= 0.6 is 11.8 Å². The SMILES string of the molecule is C=C/C=C(\C=C\CCC)SC.C=CNC.C=N/C=C\NC1CC(C(C)CC)=C(C)O1.CC.CC1=CCCC(C)=C1CNC(N)OCC(N)OC(C)C. The largest absolute Gasteiger partial charge is 0.475 e. The maximum absolute atomic E-state index is 5.87. The number of nitrogens with two attached hydrogens (primary N) is 2. The summed E-state index contributed by atoms with van der Waals surface area (Å²) in [6, 6.07) is 0. The van der Waals surface area contributed by atoms with Crippen LogP contribution in [0.15, 0.2) is 100 Å². The van der Waals surface area contributed by atoms with E-state index in [1.54, 1.807) is 30.4 Å². The number of thioether (sulfide) groups is 1. The molecular weight excluding hydrogens is 669 g/mol. The highest BCUT2D eigenvalue weighted by molar-refractivity contribution is 8.02. The zero-order valence-electron chi connectivity index (χ0n) is 35.0. The molecule has 1 aliphatic carbocycles. The van der Waals surface area contributed by atoms with E-state index in [-0.39, 0.29) is 18.9 Å². The van der Waals surface area contributed by atoms with E-state index in [9.17, 15) is 0 Å². The molecule has 0 aromatic rings. The summed E-state index contributed by atoms with van der Waals surface area (Å²) in [7, 11) is 1.81. The Bertz CT molecular complexity index is 1130. The molecular formula is C42H78N6O3S. The van der Waals surface area contributed by atoms with E-state index in [2.05, 4.69) is 99.9 Å². The molecule has 0 saturated carbocycles. The fourth-order valence-electron chi connectivity index (χ4n) is 4.69. The van der Waals surface area contributed by atoms with E-state index in [1.807, 2.05) is 53.8 Å². The van der Waals surface area contributed by atoms with Gasteiger partial charge in [0.05, 0.1) is 18.5 Å². The third-order valence-corrected chi connectivity index (χ3v) is 8.38. The third kappa shape index (κ3) is 28.7. The zero-order chi connectivity index (χ0) is 40.3. The summed E-state index contributed by atoms with van der Waals surface area (Å²) >= 11 is 1.75. The molecule has 2 rings (SSSR count). The first kappa shape index (κ1) is 53.5. The lowest BCUT2D eigenvalue weighted by Gasteiger charge is -2.22. The third-order valence-electron chi connectivity index (χ3n) is 7.63. The van der Waals surface area contributed by atoms with Gasteiger partial charge in [-0.1, -0.05) is 89.6 Å². The van der Waals surface area contributed by atoms with E-state index < -0.39 is 12.6 Å². The standard InChI is InChI=1S/C15H29N3O2.C12H20N2O.C10H16S.C3H7N.C2H6/c1-10(2)20-14(16)9-19-15(17)18-8-13-11(3)6-5-7-12(13)4;1-5-9(2)11-8-12(15-10(11)3)14-7-6-13-4;1-4-6-7-9-10(11-3)8-5-2;1-3-4-2;1-2/h6,10,14-15,18H,5,7-9,16-17H2,1-4H3;6-7,9,12,14H,4-5,8H2,1-3H3;5,7-9H,2,4,6H2,1,3H3;3-4H,1H2,2H3;1-2H3/b;7-6-;9-7+,10-8+;;. The number of hydrogen-bond acceptors (Lipinski definition) is 10. The van der Waals surface area contributed by atoms with Crippen LogP contribution in [-0.2, 0) is 14.2 Å². The molecule has 1 aliphatic heterocycles. The van der Waals surface area contributed by atoms with Crippen LogP contribution in [0.2, 0.25) is 0 Å². The van der Waals surface area contributed by atoms with Crippen molar-refractivity contribution in [3.63, 3.8) is 0 Å². The topological polar surface area (TPSA) is 128 Å².